The lowest BCUT2D eigenvalue weighted by molar-refractivity contribution is -0.125. The summed E-state index contributed by atoms with van der Waals surface area (Å²) in [5.74, 6) is -0.452. The molecule has 0 aliphatic carbocycles. The Bertz CT molecular complexity index is 1380. The molecule has 1 unspecified atom stereocenters. The number of carbonyl (C=O) groups excluding carboxylic acids is 2. The van der Waals surface area contributed by atoms with Gasteiger partial charge in [0, 0.05) is 18.7 Å². The number of nitrogens with one attached hydrogen (secondary N) is 1. The van der Waals surface area contributed by atoms with Crippen LogP contribution in [-0.4, -0.2) is 21.8 Å². The number of hydrogen-bond acceptors (Lipinski definition) is 3. The molecule has 5 nitrogen and oxygen atoms in total. The molecular formula is C30H26N2O3. The molecule has 5 rings (SSSR count). The smallest absolute Gasteiger partial charge is 0.255 e. The summed E-state index contributed by atoms with van der Waals surface area (Å²) in [4.78, 5) is 28.8. The van der Waals surface area contributed by atoms with Crippen LogP contribution >= 0.6 is 0 Å². The molecule has 1 atom stereocenters. The Morgan fingerprint density at radius 1 is 0.886 bits per heavy atom. The van der Waals surface area contributed by atoms with Crippen LogP contribution in [0.1, 0.15) is 38.7 Å². The molecular weight excluding hydrogens is 436 g/mol. The van der Waals surface area contributed by atoms with E-state index in [0.29, 0.717) is 23.2 Å². The SMILES string of the molecule is Cc1c(O)ccc2c1C(=O)N(Cc1ccccc1-c1ccccc1)C2C(=O)NCc1ccccc1. The molecule has 0 aromatic heterocycles. The van der Waals surface area contributed by atoms with Crippen LogP contribution in [0.4, 0.5) is 0 Å². The summed E-state index contributed by atoms with van der Waals surface area (Å²) in [5, 5.41) is 13.3. The summed E-state index contributed by atoms with van der Waals surface area (Å²) in [6.07, 6.45) is 0. The van der Waals surface area contributed by atoms with Gasteiger partial charge in [0.1, 0.15) is 11.8 Å². The molecule has 0 saturated carbocycles. The number of rotatable bonds is 6. The lowest BCUT2D eigenvalue weighted by Crippen LogP contribution is -2.38. The number of fused-ring (bicyclic) bond motifs is 1. The molecule has 1 aliphatic rings. The van der Waals surface area contributed by atoms with E-state index in [1.165, 1.54) is 0 Å². The summed E-state index contributed by atoms with van der Waals surface area (Å²) < 4.78 is 0. The van der Waals surface area contributed by atoms with Crippen molar-refractivity contribution in [2.24, 2.45) is 0 Å². The van der Waals surface area contributed by atoms with Crippen molar-refractivity contribution in [2.75, 3.05) is 0 Å². The fourth-order valence-corrected chi connectivity index (χ4v) is 4.73. The van der Waals surface area contributed by atoms with Crippen molar-refractivity contribution in [1.82, 2.24) is 10.2 Å². The molecule has 1 aliphatic heterocycles. The zero-order valence-electron chi connectivity index (χ0n) is 19.4. The number of phenols is 1. The fourth-order valence-electron chi connectivity index (χ4n) is 4.73. The van der Waals surface area contributed by atoms with Crippen molar-refractivity contribution < 1.29 is 14.7 Å². The van der Waals surface area contributed by atoms with E-state index in [0.717, 1.165) is 22.3 Å². The zero-order chi connectivity index (χ0) is 24.4. The Kier molecular flexibility index (Phi) is 6.06. The Morgan fingerprint density at radius 3 is 2.29 bits per heavy atom. The lowest BCUT2D eigenvalue weighted by Gasteiger charge is -2.26. The molecule has 0 bridgehead atoms. The monoisotopic (exact) mass is 462 g/mol. The molecule has 4 aromatic rings. The normalized spacial score (nSPS) is 14.6. The van der Waals surface area contributed by atoms with Gasteiger partial charge in [0.05, 0.1) is 5.56 Å². The number of aromatic hydroxyl groups is 1. The number of carbonyl (C=O) groups is 2. The van der Waals surface area contributed by atoms with Crippen LogP contribution in [-0.2, 0) is 17.9 Å². The Hall–Kier alpha value is -4.38. The van der Waals surface area contributed by atoms with E-state index in [2.05, 4.69) is 5.32 Å². The van der Waals surface area contributed by atoms with Gasteiger partial charge in [0.25, 0.3) is 5.91 Å². The van der Waals surface area contributed by atoms with Crippen LogP contribution < -0.4 is 5.32 Å². The van der Waals surface area contributed by atoms with E-state index in [4.69, 9.17) is 0 Å². The predicted octanol–water partition coefficient (Wildman–Crippen LogP) is 5.38. The van der Waals surface area contributed by atoms with Gasteiger partial charge in [0.2, 0.25) is 5.91 Å². The number of nitrogens with zero attached hydrogens (tertiary/aromatic N) is 1. The number of hydrogen-bond donors (Lipinski definition) is 2. The standard InChI is InChI=1S/C30H26N2O3/c1-20-26(33)17-16-25-27(20)30(35)32(28(25)29(34)31-18-21-10-4-2-5-11-21)19-23-14-8-9-15-24(23)22-12-6-3-7-13-22/h2-17,28,33H,18-19H2,1H3,(H,31,34). The topological polar surface area (TPSA) is 69.6 Å². The van der Waals surface area contributed by atoms with Gasteiger partial charge in [-0.15, -0.1) is 0 Å². The maximum atomic E-state index is 13.6. The van der Waals surface area contributed by atoms with Gasteiger partial charge >= 0.3 is 0 Å². The summed E-state index contributed by atoms with van der Waals surface area (Å²) >= 11 is 0. The van der Waals surface area contributed by atoms with Crippen molar-refractivity contribution >= 4 is 11.8 Å². The van der Waals surface area contributed by atoms with Crippen LogP contribution in [0.3, 0.4) is 0 Å². The Labute approximate surface area is 204 Å². The van der Waals surface area contributed by atoms with E-state index in [9.17, 15) is 14.7 Å². The number of phenolic OH excluding ortho intramolecular Hbond substituents is 1. The Balaban J connectivity index is 1.51. The first-order chi connectivity index (χ1) is 17.0. The van der Waals surface area contributed by atoms with Crippen molar-refractivity contribution in [3.63, 3.8) is 0 Å². The first-order valence-corrected chi connectivity index (χ1v) is 11.6. The summed E-state index contributed by atoms with van der Waals surface area (Å²) in [6.45, 7) is 2.35. The van der Waals surface area contributed by atoms with E-state index < -0.39 is 6.04 Å². The average Bonchev–Trinajstić information content (AvgIpc) is 3.18. The highest BCUT2D eigenvalue weighted by Crippen LogP contribution is 2.40. The van der Waals surface area contributed by atoms with Crippen molar-refractivity contribution in [2.45, 2.75) is 26.1 Å². The van der Waals surface area contributed by atoms with Crippen molar-refractivity contribution in [1.29, 1.82) is 0 Å². The second-order valence-corrected chi connectivity index (χ2v) is 8.74. The molecule has 0 spiro atoms. The van der Waals surface area contributed by atoms with Gasteiger partial charge in [-0.25, -0.2) is 0 Å². The highest BCUT2D eigenvalue weighted by atomic mass is 16.3. The lowest BCUT2D eigenvalue weighted by atomic mass is 9.98. The summed E-state index contributed by atoms with van der Waals surface area (Å²) in [6, 6.07) is 30.1. The predicted molar refractivity (Wildman–Crippen MR) is 136 cm³/mol. The molecule has 1 heterocycles. The molecule has 35 heavy (non-hydrogen) atoms. The Morgan fingerprint density at radius 2 is 1.54 bits per heavy atom. The first-order valence-electron chi connectivity index (χ1n) is 11.6. The number of benzene rings is 4. The minimum Gasteiger partial charge on any atom is -0.508 e. The van der Waals surface area contributed by atoms with Crippen LogP contribution in [0.25, 0.3) is 11.1 Å². The molecule has 4 aromatic carbocycles. The minimum absolute atomic E-state index is 0.0482. The van der Waals surface area contributed by atoms with E-state index in [-0.39, 0.29) is 24.1 Å². The molecule has 2 N–H and O–H groups in total. The van der Waals surface area contributed by atoms with Crippen molar-refractivity contribution in [3.8, 4) is 16.9 Å². The third kappa shape index (κ3) is 4.28. The third-order valence-electron chi connectivity index (χ3n) is 6.55. The van der Waals surface area contributed by atoms with Gasteiger partial charge < -0.3 is 15.3 Å². The quantitative estimate of drug-likeness (QED) is 0.404. The first kappa shape index (κ1) is 22.4. The van der Waals surface area contributed by atoms with E-state index in [1.54, 1.807) is 24.0 Å². The minimum atomic E-state index is -0.788. The van der Waals surface area contributed by atoms with Gasteiger partial charge in [-0.1, -0.05) is 91.0 Å². The zero-order valence-corrected chi connectivity index (χ0v) is 19.4. The third-order valence-corrected chi connectivity index (χ3v) is 6.55. The van der Waals surface area contributed by atoms with Gasteiger partial charge in [-0.3, -0.25) is 9.59 Å². The van der Waals surface area contributed by atoms with Crippen LogP contribution in [0.15, 0.2) is 97.1 Å². The molecule has 5 heteroatoms. The van der Waals surface area contributed by atoms with E-state index in [1.807, 2.05) is 84.9 Å². The van der Waals surface area contributed by atoms with Crippen molar-refractivity contribution in [3.05, 3.63) is 125 Å². The highest BCUT2D eigenvalue weighted by Gasteiger charge is 2.42. The molecule has 0 saturated heterocycles. The second kappa shape index (κ2) is 9.47. The second-order valence-electron chi connectivity index (χ2n) is 8.74. The molecule has 2 amide bonds. The van der Waals surface area contributed by atoms with Gasteiger partial charge in [0.15, 0.2) is 0 Å². The number of amides is 2. The summed E-state index contributed by atoms with van der Waals surface area (Å²) in [7, 11) is 0. The fraction of sp³-hybridized carbons (Fsp3) is 0.133. The average molecular weight is 463 g/mol. The van der Waals surface area contributed by atoms with Crippen LogP contribution in [0.2, 0.25) is 0 Å². The van der Waals surface area contributed by atoms with E-state index >= 15 is 0 Å². The maximum absolute atomic E-state index is 13.6. The molecule has 174 valence electrons. The van der Waals surface area contributed by atoms with Gasteiger partial charge in [-0.2, -0.15) is 0 Å². The van der Waals surface area contributed by atoms with Crippen LogP contribution in [0.5, 0.6) is 5.75 Å². The highest BCUT2D eigenvalue weighted by molar-refractivity contribution is 6.06. The molecule has 0 radical (unpaired) electrons. The largest absolute Gasteiger partial charge is 0.508 e. The van der Waals surface area contributed by atoms with Gasteiger partial charge in [-0.05, 0) is 40.8 Å². The molecule has 0 fully saturated rings. The maximum Gasteiger partial charge on any atom is 0.255 e. The van der Waals surface area contributed by atoms with Crippen LogP contribution in [0, 0.1) is 6.92 Å². The summed E-state index contributed by atoms with van der Waals surface area (Å²) in [5.41, 5.74) is 5.50.